The van der Waals surface area contributed by atoms with Crippen molar-refractivity contribution in [3.05, 3.63) is 122 Å². The number of carbonyl (C=O) groups is 10. The van der Waals surface area contributed by atoms with Gasteiger partial charge in [-0.1, -0.05) is 206 Å². The monoisotopic (exact) mass is 2050 g/mol. The number of allylic oxidation sites excluding steroid dienone is 10. The van der Waals surface area contributed by atoms with Crippen molar-refractivity contribution < 1.29 is 62.2 Å². The van der Waals surface area contributed by atoms with Crippen molar-refractivity contribution >= 4 is 105 Å². The van der Waals surface area contributed by atoms with Crippen molar-refractivity contribution in [1.82, 2.24) is 49.4 Å². The van der Waals surface area contributed by atoms with Gasteiger partial charge in [-0.2, -0.15) is 47.0 Å². The van der Waals surface area contributed by atoms with Crippen molar-refractivity contribution in [3.8, 4) is 0 Å². The highest BCUT2D eigenvalue weighted by atomic mass is 32.2. The summed E-state index contributed by atoms with van der Waals surface area (Å²) in [5.74, 6) is 8.16. The molecule has 0 aromatic heterocycles. The maximum Gasteiger partial charge on any atom is 0.157 e. The third-order valence-electron chi connectivity index (χ3n) is 24.2. The van der Waals surface area contributed by atoms with Crippen LogP contribution in [0.3, 0.4) is 0 Å². The molecule has 8 heterocycles. The molecule has 810 valence electrons. The summed E-state index contributed by atoms with van der Waals surface area (Å²) >= 11 is 7.86. The van der Waals surface area contributed by atoms with Gasteiger partial charge in [0.2, 0.25) is 0 Å². The van der Waals surface area contributed by atoms with Crippen molar-refractivity contribution in [2.45, 2.75) is 232 Å². The summed E-state index contributed by atoms with van der Waals surface area (Å²) in [7, 11) is 7.50. The van der Waals surface area contributed by atoms with Crippen molar-refractivity contribution in [1.29, 1.82) is 0 Å². The standard InChI is InChI=1S/2C13H23NO2.C13H23NOS.C12H21NOS.C11H19NO2.C11H19NOS.C11H21NOS.C11H19NO.C10H17NO.C9H17NO/c1-11(2)13(15)7-5-9-14-8-4-6-12(10-14)16-3;2*1-11(2)13(15)5-4-8-14-9-6-12(16-3)7-10-14;1-10(2)12(14)5-4-7-13-8-6-11(9-13)15-3;2*1-10(2)11(13)4-3-5-12-6-8-14-9-7-12;1-4-14-9-8-12-7-5-6-11(13)10(2)3;1-10(2)11(13)6-5-9-12-7-3-4-8-12;1-9(2)10(12)5-3-6-11-7-4-8-11;1-8(2)9(11)6-5-7-10(3)4/h5,7,11-12H,4,6,8-10H2,1-3H3;2*4-5,11-12H,6-10H2,1-3H3;4-5,10-11H,6-9H2,1-3H3;2*3-4,10H,5-9H2,1-2H3;5-6,10,12H,4,7-9H2,1-3H3;5-6,10H,3-4,7-9H2,1-2H3;3,5,9H,4,6-8H2,1-2H3;5-6,8H,7H2,1-4H3/b7-5+;3*5-4+;2*4-3+;2*6-5+;5-3+;6-5-. The zero-order chi connectivity index (χ0) is 106. The van der Waals surface area contributed by atoms with E-state index < -0.39 is 0 Å². The van der Waals surface area contributed by atoms with Gasteiger partial charge in [-0.25, -0.2) is 0 Å². The Bertz CT molecular complexity index is 3510. The number of likely N-dealkylation sites (N-methyl/N-ethyl adjacent to an activating group) is 1. The van der Waals surface area contributed by atoms with E-state index in [2.05, 4.69) is 64.0 Å². The molecule has 141 heavy (non-hydrogen) atoms. The molecule has 27 heteroatoms. The lowest BCUT2D eigenvalue weighted by Gasteiger charge is -2.30. The number of ether oxygens (including phenoxy) is 3. The van der Waals surface area contributed by atoms with Gasteiger partial charge in [0, 0.05) is 226 Å². The fraction of sp³-hybridized carbons (Fsp3) is 0.737. The summed E-state index contributed by atoms with van der Waals surface area (Å²) < 4.78 is 15.9. The topological polar surface area (TPSA) is 240 Å². The second-order valence-electron chi connectivity index (χ2n) is 40.4. The lowest BCUT2D eigenvalue weighted by Crippen LogP contribution is -2.39. The molecule has 8 aliphatic heterocycles. The van der Waals surface area contributed by atoms with Crippen LogP contribution < -0.4 is 5.32 Å². The average Bonchev–Trinajstić information content (AvgIpc) is 1.85. The molecule has 23 nitrogen and oxygen atoms in total. The van der Waals surface area contributed by atoms with Crippen LogP contribution >= 0.6 is 47.0 Å². The van der Waals surface area contributed by atoms with Gasteiger partial charge in [-0.05, 0) is 210 Å². The number of nitrogens with one attached hydrogen (secondary N) is 1. The first-order valence-electron chi connectivity index (χ1n) is 53.1. The Morgan fingerprint density at radius 1 is 0.333 bits per heavy atom. The lowest BCUT2D eigenvalue weighted by atomic mass is 10.1. The number of piperidine rings is 3. The SMILES string of the molecule is CC(C)C(=O)/C=C/CN1CCC1.CC(C)C(=O)/C=C/CN1CCCC1.CC(C)C(=O)/C=C/CN1CCOCC1.CC(C)C(=O)/C=C/CN1CCSCC1.CC(C)C(=O)/C=C\CN(C)C.CCSCCNC/C=C/C(=O)C(C)C.COC1CCCN(C/C=C/C(=O)C(C)C)C1.COC1CCN(C/C=C/C(=O)C(C)C)CC1.CSC1CCN(C/C=C/C(=O)C(C)C)C1.CSC1CCN(C/C=C/C(=O)C(C)C)CC1. The summed E-state index contributed by atoms with van der Waals surface area (Å²) in [5, 5.41) is 4.89. The molecule has 2 atom stereocenters. The molecule has 0 aromatic carbocycles. The van der Waals surface area contributed by atoms with Crippen LogP contribution in [0.25, 0.3) is 0 Å². The van der Waals surface area contributed by atoms with Gasteiger partial charge >= 0.3 is 0 Å². The highest BCUT2D eigenvalue weighted by molar-refractivity contribution is 7.99. The van der Waals surface area contributed by atoms with Gasteiger partial charge in [0.05, 0.1) is 25.4 Å². The zero-order valence-electron chi connectivity index (χ0n) is 93.5. The fourth-order valence-corrected chi connectivity index (χ4v) is 16.7. The Morgan fingerprint density at radius 2 is 0.610 bits per heavy atom. The summed E-state index contributed by atoms with van der Waals surface area (Å²) in [5.41, 5.74) is 0. The van der Waals surface area contributed by atoms with E-state index in [0.29, 0.717) is 12.2 Å². The van der Waals surface area contributed by atoms with E-state index >= 15 is 0 Å². The number of hydrogen-bond acceptors (Lipinski definition) is 27. The van der Waals surface area contributed by atoms with Crippen LogP contribution in [0.2, 0.25) is 0 Å². The second-order valence-corrected chi connectivity index (χ2v) is 45.3. The van der Waals surface area contributed by atoms with E-state index in [4.69, 9.17) is 14.2 Å². The number of morpholine rings is 1. The minimum atomic E-state index is 0.101. The number of likely N-dealkylation sites (tertiary alicyclic amines) is 6. The van der Waals surface area contributed by atoms with Gasteiger partial charge in [-0.3, -0.25) is 87.1 Å². The van der Waals surface area contributed by atoms with E-state index in [1.807, 2.05) is 265 Å². The van der Waals surface area contributed by atoms with Crippen LogP contribution in [-0.4, -0.2) is 378 Å². The van der Waals surface area contributed by atoms with E-state index in [9.17, 15) is 47.9 Å². The van der Waals surface area contributed by atoms with Crippen LogP contribution in [0.15, 0.2) is 122 Å². The number of nitrogens with zero attached hydrogens (tertiary/aromatic N) is 9. The zero-order valence-corrected chi connectivity index (χ0v) is 96.8. The molecule has 0 bridgehead atoms. The van der Waals surface area contributed by atoms with Crippen LogP contribution in [0, 0.1) is 59.2 Å². The fourth-order valence-electron chi connectivity index (χ4n) is 13.8. The Hall–Kier alpha value is -5.02. The predicted molar refractivity (Wildman–Crippen MR) is 606 cm³/mol. The van der Waals surface area contributed by atoms with E-state index in [0.717, 1.165) is 173 Å². The second kappa shape index (κ2) is 89.0. The highest BCUT2D eigenvalue weighted by Gasteiger charge is 2.24. The number of thioether (sulfide) groups is 4. The maximum absolute atomic E-state index is 11.4. The van der Waals surface area contributed by atoms with Gasteiger partial charge in [0.25, 0.3) is 0 Å². The van der Waals surface area contributed by atoms with Crippen molar-refractivity contribution in [3.63, 3.8) is 0 Å². The van der Waals surface area contributed by atoms with Crippen LogP contribution in [0.4, 0.5) is 0 Å². The minimum absolute atomic E-state index is 0.101. The molecule has 0 spiro atoms. The molecule has 0 amide bonds. The summed E-state index contributed by atoms with van der Waals surface area (Å²) in [6.07, 6.45) is 54.3. The Balaban J connectivity index is 0. The number of methoxy groups -OCH3 is 2. The normalized spacial score (nSPS) is 18.8. The molecule has 8 saturated heterocycles. The maximum atomic E-state index is 11.4. The van der Waals surface area contributed by atoms with Crippen LogP contribution in [-0.2, 0) is 62.2 Å². The van der Waals surface area contributed by atoms with E-state index in [1.54, 1.807) is 75.0 Å². The molecule has 8 fully saturated rings. The van der Waals surface area contributed by atoms with Gasteiger partial charge in [-0.15, -0.1) is 0 Å². The molecule has 8 rings (SSSR count). The molecule has 8 aliphatic rings. The molecule has 0 aliphatic carbocycles. The smallest absolute Gasteiger partial charge is 0.157 e. The molecule has 0 aromatic rings. The van der Waals surface area contributed by atoms with E-state index in [1.165, 1.54) is 115 Å². The number of rotatable bonds is 48. The van der Waals surface area contributed by atoms with Crippen LogP contribution in [0.5, 0.6) is 0 Å². The summed E-state index contributed by atoms with van der Waals surface area (Å²) in [6.45, 7) is 70.2. The summed E-state index contributed by atoms with van der Waals surface area (Å²) in [6, 6.07) is 0. The Kier molecular flexibility index (Phi) is 87.1. The number of hydrogen-bond donors (Lipinski definition) is 1. The number of carbonyl (C=O) groups excluding carboxylic acids is 10. The van der Waals surface area contributed by atoms with Gasteiger partial charge < -0.3 is 24.4 Å². The molecular formula is C114H202N10O13S4. The quantitative estimate of drug-likeness (QED) is 0.0440. The first kappa shape index (κ1) is 138. The summed E-state index contributed by atoms with van der Waals surface area (Å²) in [4.78, 5) is 133. The Morgan fingerprint density at radius 3 is 0.915 bits per heavy atom. The largest absolute Gasteiger partial charge is 0.381 e. The molecule has 1 N–H and O–H groups in total. The average molecular weight is 2050 g/mol. The highest BCUT2D eigenvalue weighted by Crippen LogP contribution is 2.23. The molecule has 0 radical (unpaired) electrons. The molecule has 2 unspecified atom stereocenters. The number of ketones is 10. The third-order valence-corrected chi connectivity index (χ3v) is 28.3. The van der Waals surface area contributed by atoms with Crippen molar-refractivity contribution in [2.24, 2.45) is 59.2 Å². The first-order chi connectivity index (χ1) is 67.0. The minimum Gasteiger partial charge on any atom is -0.381 e. The van der Waals surface area contributed by atoms with Crippen LogP contribution in [0.1, 0.15) is 210 Å². The lowest BCUT2D eigenvalue weighted by molar-refractivity contribution is -0.118. The molecular weight excluding hydrogens is 1850 g/mol. The van der Waals surface area contributed by atoms with E-state index in [-0.39, 0.29) is 117 Å². The Labute approximate surface area is 877 Å². The van der Waals surface area contributed by atoms with Gasteiger partial charge in [0.1, 0.15) is 0 Å². The first-order valence-corrected chi connectivity index (χ1v) is 58.0. The molecule has 0 saturated carbocycles. The third kappa shape index (κ3) is 78.9. The van der Waals surface area contributed by atoms with Crippen molar-refractivity contribution in [2.75, 3.05) is 254 Å². The van der Waals surface area contributed by atoms with Gasteiger partial charge in [0.15, 0.2) is 57.8 Å². The predicted octanol–water partition coefficient (Wildman–Crippen LogP) is 18.3.